The van der Waals surface area contributed by atoms with Gasteiger partial charge in [0.25, 0.3) is 5.91 Å². The minimum absolute atomic E-state index is 0.120. The van der Waals surface area contributed by atoms with Crippen molar-refractivity contribution in [2.45, 2.75) is 25.4 Å². The molecule has 1 amide bonds. The maximum atomic E-state index is 13.0. The molecule has 26 heavy (non-hydrogen) atoms. The van der Waals surface area contributed by atoms with Crippen molar-refractivity contribution in [3.05, 3.63) is 54.0 Å². The normalized spacial score (nSPS) is 23.3. The zero-order valence-corrected chi connectivity index (χ0v) is 15.0. The number of ether oxygens (including phenoxy) is 1. The summed E-state index contributed by atoms with van der Waals surface area (Å²) in [5.74, 6) is 1.98. The van der Waals surface area contributed by atoms with Crippen LogP contribution in [0.25, 0.3) is 0 Å². The molecule has 2 aromatic rings. The number of aromatic nitrogens is 2. The van der Waals surface area contributed by atoms with Crippen LogP contribution in [0.1, 0.15) is 23.7 Å². The summed E-state index contributed by atoms with van der Waals surface area (Å²) in [6, 6.07) is 12.2. The quantitative estimate of drug-likeness (QED) is 0.846. The molecule has 2 aliphatic rings. The summed E-state index contributed by atoms with van der Waals surface area (Å²) < 4.78 is 5.84. The fourth-order valence-electron chi connectivity index (χ4n) is 3.83. The molecular weight excluding hydrogens is 328 g/mol. The smallest absolute Gasteiger partial charge is 0.252 e. The predicted molar refractivity (Wildman–Crippen MR) is 99.1 cm³/mol. The number of anilines is 1. The molecule has 2 aliphatic heterocycles. The molecule has 1 aromatic carbocycles. The van der Waals surface area contributed by atoms with Gasteiger partial charge >= 0.3 is 0 Å². The fraction of sp³-hybridized carbons (Fsp3) is 0.450. The van der Waals surface area contributed by atoms with E-state index in [4.69, 9.17) is 4.74 Å². The van der Waals surface area contributed by atoms with Gasteiger partial charge in [0, 0.05) is 44.9 Å². The molecule has 0 saturated carbocycles. The maximum Gasteiger partial charge on any atom is 0.252 e. The van der Waals surface area contributed by atoms with Crippen molar-refractivity contribution in [3.63, 3.8) is 0 Å². The van der Waals surface area contributed by atoms with E-state index >= 15 is 0 Å². The monoisotopic (exact) mass is 352 g/mol. The van der Waals surface area contributed by atoms with Crippen LogP contribution in [0.5, 0.6) is 0 Å². The van der Waals surface area contributed by atoms with Crippen molar-refractivity contribution in [2.75, 3.05) is 37.7 Å². The zero-order valence-electron chi connectivity index (χ0n) is 15.0. The summed E-state index contributed by atoms with van der Waals surface area (Å²) in [6.45, 7) is 5.50. The van der Waals surface area contributed by atoms with Crippen LogP contribution in [-0.2, 0) is 9.53 Å². The number of benzene rings is 1. The van der Waals surface area contributed by atoms with E-state index in [-0.39, 0.29) is 17.9 Å². The lowest BCUT2D eigenvalue weighted by Crippen LogP contribution is -2.52. The van der Waals surface area contributed by atoms with Crippen LogP contribution in [0.2, 0.25) is 0 Å². The third kappa shape index (κ3) is 3.42. The first-order valence-corrected chi connectivity index (χ1v) is 9.22. The Kier molecular flexibility index (Phi) is 4.84. The first-order valence-electron chi connectivity index (χ1n) is 9.22. The summed E-state index contributed by atoms with van der Waals surface area (Å²) in [7, 11) is 0. The number of nitrogens with zero attached hydrogens (tertiary/aromatic N) is 4. The Bertz CT molecular complexity index is 759. The molecule has 6 heteroatoms. The van der Waals surface area contributed by atoms with Crippen molar-refractivity contribution in [1.82, 2.24) is 14.9 Å². The second-order valence-corrected chi connectivity index (χ2v) is 6.87. The average molecular weight is 352 g/mol. The molecule has 136 valence electrons. The van der Waals surface area contributed by atoms with E-state index in [1.165, 1.54) is 5.56 Å². The SMILES string of the molecule is Cc1nccc(N2CCN(C(=O)[C@@H]3OCC[C@@H]3c3ccccc3)CC2)n1. The molecule has 0 radical (unpaired) electrons. The van der Waals surface area contributed by atoms with E-state index in [9.17, 15) is 4.79 Å². The van der Waals surface area contributed by atoms with Gasteiger partial charge in [-0.2, -0.15) is 0 Å². The highest BCUT2D eigenvalue weighted by Gasteiger charge is 2.38. The third-order valence-electron chi connectivity index (χ3n) is 5.24. The van der Waals surface area contributed by atoms with E-state index in [1.807, 2.05) is 36.1 Å². The zero-order chi connectivity index (χ0) is 17.9. The molecule has 0 spiro atoms. The molecule has 6 nitrogen and oxygen atoms in total. The van der Waals surface area contributed by atoms with E-state index in [0.29, 0.717) is 19.7 Å². The number of carbonyl (C=O) groups excluding carboxylic acids is 1. The molecule has 0 N–H and O–H groups in total. The molecule has 3 heterocycles. The van der Waals surface area contributed by atoms with Gasteiger partial charge in [-0.25, -0.2) is 9.97 Å². The topological polar surface area (TPSA) is 58.6 Å². The van der Waals surface area contributed by atoms with Gasteiger partial charge in [0.1, 0.15) is 17.7 Å². The second kappa shape index (κ2) is 7.41. The highest BCUT2D eigenvalue weighted by molar-refractivity contribution is 5.82. The van der Waals surface area contributed by atoms with Crippen LogP contribution in [0.3, 0.4) is 0 Å². The van der Waals surface area contributed by atoms with Crippen molar-refractivity contribution in [1.29, 1.82) is 0 Å². The minimum atomic E-state index is -0.356. The van der Waals surface area contributed by atoms with Crippen LogP contribution in [0.4, 0.5) is 5.82 Å². The molecule has 0 unspecified atom stereocenters. The van der Waals surface area contributed by atoms with Gasteiger partial charge in [-0.3, -0.25) is 4.79 Å². The number of carbonyl (C=O) groups is 1. The summed E-state index contributed by atoms with van der Waals surface area (Å²) >= 11 is 0. The Labute approximate surface area is 153 Å². The lowest BCUT2D eigenvalue weighted by atomic mass is 9.92. The fourth-order valence-corrected chi connectivity index (χ4v) is 3.83. The van der Waals surface area contributed by atoms with Crippen LogP contribution < -0.4 is 4.90 Å². The predicted octanol–water partition coefficient (Wildman–Crippen LogP) is 2.01. The van der Waals surface area contributed by atoms with Crippen LogP contribution >= 0.6 is 0 Å². The van der Waals surface area contributed by atoms with E-state index < -0.39 is 0 Å². The van der Waals surface area contributed by atoms with Crippen molar-refractivity contribution in [2.24, 2.45) is 0 Å². The van der Waals surface area contributed by atoms with Gasteiger partial charge in [-0.05, 0) is 25.0 Å². The molecule has 2 saturated heterocycles. The Morgan fingerprint density at radius 2 is 1.88 bits per heavy atom. The Balaban J connectivity index is 1.40. The summed E-state index contributed by atoms with van der Waals surface area (Å²) in [5.41, 5.74) is 1.19. The molecule has 2 atom stereocenters. The Morgan fingerprint density at radius 3 is 2.62 bits per heavy atom. The molecule has 0 aliphatic carbocycles. The summed E-state index contributed by atoms with van der Waals surface area (Å²) in [5, 5.41) is 0. The van der Waals surface area contributed by atoms with Crippen LogP contribution in [0.15, 0.2) is 42.6 Å². The second-order valence-electron chi connectivity index (χ2n) is 6.87. The average Bonchev–Trinajstić information content (AvgIpc) is 3.18. The van der Waals surface area contributed by atoms with Crippen LogP contribution in [-0.4, -0.2) is 59.7 Å². The van der Waals surface area contributed by atoms with Gasteiger partial charge < -0.3 is 14.5 Å². The van der Waals surface area contributed by atoms with Crippen molar-refractivity contribution in [3.8, 4) is 0 Å². The number of hydrogen-bond acceptors (Lipinski definition) is 5. The van der Waals surface area contributed by atoms with Crippen molar-refractivity contribution < 1.29 is 9.53 Å². The molecule has 4 rings (SSSR count). The van der Waals surface area contributed by atoms with Gasteiger partial charge in [0.05, 0.1) is 0 Å². The van der Waals surface area contributed by atoms with Gasteiger partial charge in [-0.15, -0.1) is 0 Å². The maximum absolute atomic E-state index is 13.0. The summed E-state index contributed by atoms with van der Waals surface area (Å²) in [4.78, 5) is 25.8. The minimum Gasteiger partial charge on any atom is -0.368 e. The molecule has 0 bridgehead atoms. The number of rotatable bonds is 3. The van der Waals surface area contributed by atoms with Gasteiger partial charge in [-0.1, -0.05) is 30.3 Å². The number of hydrogen-bond donors (Lipinski definition) is 0. The van der Waals surface area contributed by atoms with E-state index in [0.717, 1.165) is 31.2 Å². The third-order valence-corrected chi connectivity index (χ3v) is 5.24. The molecule has 2 fully saturated rings. The number of amides is 1. The highest BCUT2D eigenvalue weighted by atomic mass is 16.5. The Hall–Kier alpha value is -2.47. The summed E-state index contributed by atoms with van der Waals surface area (Å²) in [6.07, 6.45) is 2.33. The highest BCUT2D eigenvalue weighted by Crippen LogP contribution is 2.32. The lowest BCUT2D eigenvalue weighted by Gasteiger charge is -2.37. The van der Waals surface area contributed by atoms with Gasteiger partial charge in [0.15, 0.2) is 0 Å². The lowest BCUT2D eigenvalue weighted by molar-refractivity contribution is -0.141. The van der Waals surface area contributed by atoms with E-state index in [2.05, 4.69) is 27.0 Å². The standard InChI is InChI=1S/C20H24N4O2/c1-15-21-9-7-18(22-15)23-10-12-24(13-11-23)20(25)19-17(8-14-26-19)16-5-3-2-4-6-16/h2-7,9,17,19H,8,10-14H2,1H3/t17-,19-/m1/s1. The largest absolute Gasteiger partial charge is 0.368 e. The number of aryl methyl sites for hydroxylation is 1. The van der Waals surface area contributed by atoms with Crippen molar-refractivity contribution >= 4 is 11.7 Å². The first-order chi connectivity index (χ1) is 12.7. The van der Waals surface area contributed by atoms with Gasteiger partial charge in [0.2, 0.25) is 0 Å². The van der Waals surface area contributed by atoms with E-state index in [1.54, 1.807) is 6.20 Å². The number of piperazine rings is 1. The first kappa shape index (κ1) is 17.0. The molecule has 1 aromatic heterocycles. The Morgan fingerprint density at radius 1 is 1.12 bits per heavy atom. The van der Waals surface area contributed by atoms with Crippen LogP contribution in [0, 0.1) is 6.92 Å². The molecular formula is C20H24N4O2.